The summed E-state index contributed by atoms with van der Waals surface area (Å²) >= 11 is 5.95. The monoisotopic (exact) mass is 426 g/mol. The average Bonchev–Trinajstić information content (AvgIpc) is 3.43. The number of aryl methyl sites for hydroxylation is 1. The molecule has 3 heterocycles. The summed E-state index contributed by atoms with van der Waals surface area (Å²) in [5.74, 6) is 1.62. The third-order valence-electron chi connectivity index (χ3n) is 5.57. The topological polar surface area (TPSA) is 75.0 Å². The maximum absolute atomic E-state index is 12.9. The van der Waals surface area contributed by atoms with Crippen molar-refractivity contribution >= 4 is 17.5 Å². The first kappa shape index (κ1) is 20.7. The molecule has 3 aromatic rings. The van der Waals surface area contributed by atoms with Crippen LogP contribution in [0.1, 0.15) is 71.9 Å². The minimum atomic E-state index is -0.0216. The molecule has 1 N–H and O–H groups in total. The van der Waals surface area contributed by atoms with E-state index in [1.54, 1.807) is 6.20 Å². The molecule has 2 aromatic heterocycles. The van der Waals surface area contributed by atoms with Crippen molar-refractivity contribution in [3.05, 3.63) is 70.2 Å². The number of halogens is 1. The minimum Gasteiger partial charge on any atom is -0.445 e. The van der Waals surface area contributed by atoms with E-state index in [0.717, 1.165) is 60.7 Å². The number of aromatic nitrogens is 3. The first-order chi connectivity index (χ1) is 14.6. The van der Waals surface area contributed by atoms with Gasteiger partial charge < -0.3 is 9.32 Å². The highest BCUT2D eigenvalue weighted by atomic mass is 35.5. The number of H-pyrrole nitrogens is 1. The van der Waals surface area contributed by atoms with E-state index in [0.29, 0.717) is 24.6 Å². The number of carbonyl (C=O) groups is 1. The fourth-order valence-electron chi connectivity index (χ4n) is 3.89. The Kier molecular flexibility index (Phi) is 6.53. The second kappa shape index (κ2) is 9.47. The Bertz CT molecular complexity index is 979. The molecule has 30 heavy (non-hydrogen) atoms. The summed E-state index contributed by atoms with van der Waals surface area (Å²) < 4.78 is 6.04. The largest absolute Gasteiger partial charge is 0.445 e. The van der Waals surface area contributed by atoms with E-state index in [1.807, 2.05) is 35.2 Å². The van der Waals surface area contributed by atoms with E-state index in [-0.39, 0.29) is 11.8 Å². The van der Waals surface area contributed by atoms with Gasteiger partial charge in [0.1, 0.15) is 11.5 Å². The number of oxazole rings is 1. The van der Waals surface area contributed by atoms with Gasteiger partial charge in [0.2, 0.25) is 0 Å². The van der Waals surface area contributed by atoms with Crippen LogP contribution in [0.25, 0.3) is 0 Å². The molecule has 0 spiro atoms. The molecule has 6 nitrogen and oxygen atoms in total. The van der Waals surface area contributed by atoms with Crippen LogP contribution in [0.15, 0.2) is 40.9 Å². The van der Waals surface area contributed by atoms with Crippen LogP contribution < -0.4 is 0 Å². The van der Waals surface area contributed by atoms with Crippen LogP contribution in [-0.2, 0) is 12.8 Å². The summed E-state index contributed by atoms with van der Waals surface area (Å²) in [4.78, 5) is 19.3. The predicted octanol–water partition coefficient (Wildman–Crippen LogP) is 5.00. The zero-order chi connectivity index (χ0) is 20.9. The number of hydrogen-bond donors (Lipinski definition) is 1. The molecule has 0 unspecified atom stereocenters. The van der Waals surface area contributed by atoms with E-state index in [1.165, 1.54) is 0 Å². The highest BCUT2D eigenvalue weighted by molar-refractivity contribution is 6.30. The van der Waals surface area contributed by atoms with Crippen LogP contribution in [-0.4, -0.2) is 39.1 Å². The standard InChI is InChI=1S/C23H27ClN4O2/c1-2-3-6-19-13-21(27-26-19)23(29)28-11-4-5-17(15-28)22-25-14-20(30-22)12-16-7-9-18(24)10-8-16/h7-10,13-14,17H,2-6,11-12,15H2,1H3,(H,26,27)/t17-/m1/s1. The van der Waals surface area contributed by atoms with Gasteiger partial charge in [0, 0.05) is 30.2 Å². The molecule has 7 heteroatoms. The Labute approximate surface area is 181 Å². The fourth-order valence-corrected chi connectivity index (χ4v) is 4.01. The minimum absolute atomic E-state index is 0.0216. The van der Waals surface area contributed by atoms with Crippen molar-refractivity contribution in [1.82, 2.24) is 20.1 Å². The molecular formula is C23H27ClN4O2. The number of rotatable bonds is 7. The van der Waals surface area contributed by atoms with Crippen molar-refractivity contribution in [2.24, 2.45) is 0 Å². The van der Waals surface area contributed by atoms with Crippen molar-refractivity contribution in [2.45, 2.75) is 51.4 Å². The number of unbranched alkanes of at least 4 members (excludes halogenated alkanes) is 1. The molecule has 158 valence electrons. The van der Waals surface area contributed by atoms with Crippen molar-refractivity contribution in [3.63, 3.8) is 0 Å². The first-order valence-electron chi connectivity index (χ1n) is 10.6. The SMILES string of the molecule is CCCCc1cc(C(=O)N2CCC[C@@H](c3ncc(Cc4ccc(Cl)cc4)o3)C2)n[nH]1. The fraction of sp³-hybridized carbons (Fsp3) is 0.435. The van der Waals surface area contributed by atoms with Gasteiger partial charge in [0.15, 0.2) is 5.89 Å². The van der Waals surface area contributed by atoms with Crippen LogP contribution in [0.4, 0.5) is 0 Å². The van der Waals surface area contributed by atoms with Crippen molar-refractivity contribution in [2.75, 3.05) is 13.1 Å². The molecule has 0 bridgehead atoms. The zero-order valence-electron chi connectivity index (χ0n) is 17.2. The Balaban J connectivity index is 1.39. The molecule has 1 atom stereocenters. The molecule has 0 radical (unpaired) electrons. The number of carbonyl (C=O) groups excluding carboxylic acids is 1. The highest BCUT2D eigenvalue weighted by Gasteiger charge is 2.29. The van der Waals surface area contributed by atoms with Crippen LogP contribution in [0, 0.1) is 0 Å². The summed E-state index contributed by atoms with van der Waals surface area (Å²) in [5.41, 5.74) is 2.64. The lowest BCUT2D eigenvalue weighted by molar-refractivity contribution is 0.0692. The molecule has 1 amide bonds. The molecule has 1 saturated heterocycles. The lowest BCUT2D eigenvalue weighted by Gasteiger charge is -2.30. The Morgan fingerprint density at radius 2 is 2.17 bits per heavy atom. The highest BCUT2D eigenvalue weighted by Crippen LogP contribution is 2.28. The van der Waals surface area contributed by atoms with Gasteiger partial charge in [-0.2, -0.15) is 5.10 Å². The Hall–Kier alpha value is -2.60. The number of benzene rings is 1. The lowest BCUT2D eigenvalue weighted by Crippen LogP contribution is -2.39. The molecular weight excluding hydrogens is 400 g/mol. The second-order valence-electron chi connectivity index (χ2n) is 7.94. The Morgan fingerprint density at radius 1 is 1.33 bits per heavy atom. The number of nitrogens with zero attached hydrogens (tertiary/aromatic N) is 3. The molecule has 1 aliphatic rings. The van der Waals surface area contributed by atoms with E-state index in [9.17, 15) is 4.79 Å². The number of nitrogens with one attached hydrogen (secondary N) is 1. The quantitative estimate of drug-likeness (QED) is 0.576. The van der Waals surface area contributed by atoms with Gasteiger partial charge in [-0.25, -0.2) is 4.98 Å². The van der Waals surface area contributed by atoms with Gasteiger partial charge in [-0.05, 0) is 49.4 Å². The summed E-state index contributed by atoms with van der Waals surface area (Å²) in [6, 6.07) is 9.62. The number of hydrogen-bond acceptors (Lipinski definition) is 4. The second-order valence-corrected chi connectivity index (χ2v) is 8.38. The van der Waals surface area contributed by atoms with Gasteiger partial charge in [-0.1, -0.05) is 37.1 Å². The number of piperidine rings is 1. The van der Waals surface area contributed by atoms with E-state index < -0.39 is 0 Å². The van der Waals surface area contributed by atoms with Crippen LogP contribution in [0.3, 0.4) is 0 Å². The predicted molar refractivity (Wildman–Crippen MR) is 116 cm³/mol. The summed E-state index contributed by atoms with van der Waals surface area (Å²) in [6.45, 7) is 3.50. The van der Waals surface area contributed by atoms with Gasteiger partial charge in [-0.15, -0.1) is 0 Å². The van der Waals surface area contributed by atoms with Crippen LogP contribution in [0.2, 0.25) is 5.02 Å². The summed E-state index contributed by atoms with van der Waals surface area (Å²) in [6.07, 6.45) is 7.49. The number of likely N-dealkylation sites (tertiary alicyclic amines) is 1. The Morgan fingerprint density at radius 3 is 2.97 bits per heavy atom. The molecule has 4 rings (SSSR count). The van der Waals surface area contributed by atoms with Crippen molar-refractivity contribution in [3.8, 4) is 0 Å². The third kappa shape index (κ3) is 4.93. The van der Waals surface area contributed by atoms with E-state index in [4.69, 9.17) is 16.0 Å². The molecule has 1 fully saturated rings. The maximum atomic E-state index is 12.9. The lowest BCUT2D eigenvalue weighted by atomic mass is 9.97. The summed E-state index contributed by atoms with van der Waals surface area (Å²) in [5, 5.41) is 7.95. The van der Waals surface area contributed by atoms with Crippen LogP contribution >= 0.6 is 11.6 Å². The van der Waals surface area contributed by atoms with E-state index >= 15 is 0 Å². The maximum Gasteiger partial charge on any atom is 0.274 e. The molecule has 1 aromatic carbocycles. The van der Waals surface area contributed by atoms with E-state index in [2.05, 4.69) is 22.1 Å². The molecule has 1 aliphatic heterocycles. The van der Waals surface area contributed by atoms with Gasteiger partial charge in [-0.3, -0.25) is 9.89 Å². The number of aromatic amines is 1. The third-order valence-corrected chi connectivity index (χ3v) is 5.82. The van der Waals surface area contributed by atoms with Gasteiger partial charge >= 0.3 is 0 Å². The number of amides is 1. The average molecular weight is 427 g/mol. The molecule has 0 aliphatic carbocycles. The van der Waals surface area contributed by atoms with Gasteiger partial charge in [0.05, 0.1) is 12.1 Å². The molecule has 0 saturated carbocycles. The summed E-state index contributed by atoms with van der Waals surface area (Å²) in [7, 11) is 0. The first-order valence-corrected chi connectivity index (χ1v) is 11.0. The van der Waals surface area contributed by atoms with Crippen molar-refractivity contribution in [1.29, 1.82) is 0 Å². The van der Waals surface area contributed by atoms with Crippen LogP contribution in [0.5, 0.6) is 0 Å². The van der Waals surface area contributed by atoms with Crippen molar-refractivity contribution < 1.29 is 9.21 Å². The normalized spacial score (nSPS) is 16.7. The van der Waals surface area contributed by atoms with Gasteiger partial charge in [0.25, 0.3) is 5.91 Å². The smallest absolute Gasteiger partial charge is 0.274 e. The zero-order valence-corrected chi connectivity index (χ0v) is 18.0.